The van der Waals surface area contributed by atoms with E-state index in [1.54, 1.807) is 6.07 Å². The lowest BCUT2D eigenvalue weighted by Crippen LogP contribution is -2.40. The fraction of sp³-hybridized carbons (Fsp3) is 0.667. The molecule has 0 saturated carbocycles. The molecule has 1 fully saturated rings. The minimum Gasteiger partial charge on any atom is -0.495 e. The van der Waals surface area contributed by atoms with Crippen molar-refractivity contribution in [3.8, 4) is 5.75 Å². The van der Waals surface area contributed by atoms with E-state index >= 15 is 0 Å². The van der Waals surface area contributed by atoms with Crippen molar-refractivity contribution in [2.24, 2.45) is 5.92 Å². The van der Waals surface area contributed by atoms with Crippen LogP contribution in [-0.2, 0) is 14.8 Å². The maximum absolute atomic E-state index is 13.0. The Morgan fingerprint density at radius 1 is 1.17 bits per heavy atom. The van der Waals surface area contributed by atoms with Gasteiger partial charge in [-0.25, -0.2) is 8.42 Å². The van der Waals surface area contributed by atoms with Gasteiger partial charge in [-0.15, -0.1) is 0 Å². The van der Waals surface area contributed by atoms with Gasteiger partial charge in [0.2, 0.25) is 10.0 Å². The van der Waals surface area contributed by atoms with Crippen LogP contribution in [0.5, 0.6) is 5.75 Å². The normalized spacial score (nSPS) is 15.4. The molecular weight excluding hydrogens is 392 g/mol. The van der Waals surface area contributed by atoms with Crippen LogP contribution in [0.1, 0.15) is 56.3 Å². The van der Waals surface area contributed by atoms with Crippen molar-refractivity contribution in [2.45, 2.75) is 50.8 Å². The number of hydrogen-bond donors (Lipinski definition) is 1. The third kappa shape index (κ3) is 6.97. The molecule has 1 aliphatic rings. The summed E-state index contributed by atoms with van der Waals surface area (Å²) in [6, 6.07) is 4.53. The van der Waals surface area contributed by atoms with E-state index in [4.69, 9.17) is 9.47 Å². The van der Waals surface area contributed by atoms with Gasteiger partial charge in [-0.2, -0.15) is 4.31 Å². The van der Waals surface area contributed by atoms with Crippen molar-refractivity contribution < 1.29 is 22.7 Å². The zero-order valence-electron chi connectivity index (χ0n) is 17.8. The smallest absolute Gasteiger partial charge is 0.251 e. The van der Waals surface area contributed by atoms with Gasteiger partial charge in [-0.05, 0) is 30.5 Å². The number of morpholine rings is 1. The summed E-state index contributed by atoms with van der Waals surface area (Å²) in [7, 11) is -2.33. The van der Waals surface area contributed by atoms with Crippen LogP contribution in [0.2, 0.25) is 0 Å². The molecule has 1 aliphatic heterocycles. The number of nitrogens with zero attached hydrogens (tertiary/aromatic N) is 1. The number of hydrogen-bond acceptors (Lipinski definition) is 5. The Labute approximate surface area is 174 Å². The highest BCUT2D eigenvalue weighted by molar-refractivity contribution is 7.89. The molecule has 29 heavy (non-hydrogen) atoms. The molecule has 1 saturated heterocycles. The maximum atomic E-state index is 13.0. The van der Waals surface area contributed by atoms with Gasteiger partial charge in [0.1, 0.15) is 10.6 Å². The molecule has 8 heteroatoms. The van der Waals surface area contributed by atoms with E-state index in [1.807, 2.05) is 0 Å². The average molecular weight is 427 g/mol. The Bertz CT molecular complexity index is 758. The fourth-order valence-corrected chi connectivity index (χ4v) is 4.87. The molecule has 2 rings (SSSR count). The Morgan fingerprint density at radius 3 is 2.52 bits per heavy atom. The quantitative estimate of drug-likeness (QED) is 0.550. The zero-order chi connectivity index (χ0) is 21.3. The van der Waals surface area contributed by atoms with Crippen molar-refractivity contribution in [2.75, 3.05) is 40.0 Å². The molecule has 0 aromatic heterocycles. The minimum atomic E-state index is -3.76. The molecule has 0 unspecified atom stereocenters. The second-order valence-corrected chi connectivity index (χ2v) is 9.64. The number of nitrogens with one attached hydrogen (secondary N) is 1. The first-order chi connectivity index (χ1) is 13.9. The van der Waals surface area contributed by atoms with Crippen molar-refractivity contribution in [3.63, 3.8) is 0 Å². The molecule has 1 aromatic carbocycles. The second-order valence-electron chi connectivity index (χ2n) is 7.73. The molecule has 0 atom stereocenters. The number of rotatable bonds is 11. The van der Waals surface area contributed by atoms with Gasteiger partial charge in [0.15, 0.2) is 0 Å². The molecule has 164 valence electrons. The number of amides is 1. The zero-order valence-corrected chi connectivity index (χ0v) is 18.6. The number of benzene rings is 1. The Morgan fingerprint density at radius 2 is 1.86 bits per heavy atom. The summed E-state index contributed by atoms with van der Waals surface area (Å²) in [6.07, 6.45) is 5.61. The van der Waals surface area contributed by atoms with Gasteiger partial charge in [0.05, 0.1) is 20.3 Å². The second kappa shape index (κ2) is 11.5. The summed E-state index contributed by atoms with van der Waals surface area (Å²) >= 11 is 0. The Hall–Kier alpha value is -1.64. The van der Waals surface area contributed by atoms with Crippen LogP contribution >= 0.6 is 0 Å². The highest BCUT2D eigenvalue weighted by atomic mass is 32.2. The number of methoxy groups -OCH3 is 1. The summed E-state index contributed by atoms with van der Waals surface area (Å²) in [5.41, 5.74) is 0.317. The highest BCUT2D eigenvalue weighted by Gasteiger charge is 2.30. The summed E-state index contributed by atoms with van der Waals surface area (Å²) in [6.45, 7) is 6.33. The SMILES string of the molecule is COc1ccc(C(=O)NCCCCCCC(C)C)cc1S(=O)(=O)N1CCOCC1. The Balaban J connectivity index is 1.97. The van der Waals surface area contributed by atoms with E-state index in [9.17, 15) is 13.2 Å². The van der Waals surface area contributed by atoms with Crippen molar-refractivity contribution in [1.82, 2.24) is 9.62 Å². The topological polar surface area (TPSA) is 84.9 Å². The summed E-state index contributed by atoms with van der Waals surface area (Å²) < 4.78 is 37.9. The number of carbonyl (C=O) groups is 1. The molecule has 0 bridgehead atoms. The van der Waals surface area contributed by atoms with Gasteiger partial charge in [0, 0.05) is 25.2 Å². The van der Waals surface area contributed by atoms with E-state index in [0.29, 0.717) is 38.4 Å². The first-order valence-corrected chi connectivity index (χ1v) is 11.8. The predicted octanol–water partition coefficient (Wildman–Crippen LogP) is 3.05. The van der Waals surface area contributed by atoms with Gasteiger partial charge in [-0.1, -0.05) is 39.5 Å². The van der Waals surface area contributed by atoms with Gasteiger partial charge < -0.3 is 14.8 Å². The number of sulfonamides is 1. The largest absolute Gasteiger partial charge is 0.495 e. The third-order valence-electron chi connectivity index (χ3n) is 5.01. The van der Waals surface area contributed by atoms with Crippen LogP contribution in [0.4, 0.5) is 0 Å². The van der Waals surface area contributed by atoms with Crippen molar-refractivity contribution >= 4 is 15.9 Å². The monoisotopic (exact) mass is 426 g/mol. The summed E-state index contributed by atoms with van der Waals surface area (Å²) in [5.74, 6) is 0.694. The number of ether oxygens (including phenoxy) is 2. The van der Waals surface area contributed by atoms with Crippen LogP contribution in [-0.4, -0.2) is 58.6 Å². The molecule has 0 aliphatic carbocycles. The first kappa shape index (κ1) is 23.6. The predicted molar refractivity (Wildman–Crippen MR) is 113 cm³/mol. The maximum Gasteiger partial charge on any atom is 0.251 e. The Kier molecular flexibility index (Phi) is 9.39. The van der Waals surface area contributed by atoms with E-state index < -0.39 is 10.0 Å². The number of carbonyl (C=O) groups excluding carboxylic acids is 1. The van der Waals surface area contributed by atoms with E-state index in [0.717, 1.165) is 18.8 Å². The van der Waals surface area contributed by atoms with E-state index in [1.165, 1.54) is 42.8 Å². The van der Waals surface area contributed by atoms with E-state index in [2.05, 4.69) is 19.2 Å². The fourth-order valence-electron chi connectivity index (χ4n) is 3.28. The van der Waals surface area contributed by atoms with Gasteiger partial charge >= 0.3 is 0 Å². The highest BCUT2D eigenvalue weighted by Crippen LogP contribution is 2.28. The minimum absolute atomic E-state index is 0.0169. The molecule has 0 radical (unpaired) electrons. The first-order valence-electron chi connectivity index (χ1n) is 10.4. The van der Waals surface area contributed by atoms with Crippen molar-refractivity contribution in [1.29, 1.82) is 0 Å². The molecule has 1 amide bonds. The third-order valence-corrected chi connectivity index (χ3v) is 6.93. The molecule has 0 spiro atoms. The van der Waals surface area contributed by atoms with Crippen LogP contribution < -0.4 is 10.1 Å². The van der Waals surface area contributed by atoms with Crippen LogP contribution in [0, 0.1) is 5.92 Å². The standard InChI is InChI=1S/C21H34N2O5S/c1-17(2)8-6-4-5-7-11-22-21(24)18-9-10-19(27-3)20(16-18)29(25,26)23-12-14-28-15-13-23/h9-10,16-17H,4-8,11-15H2,1-3H3,(H,22,24). The molecule has 1 heterocycles. The molecule has 1 aromatic rings. The number of unbranched alkanes of at least 4 members (excludes halogenated alkanes) is 3. The summed E-state index contributed by atoms with van der Waals surface area (Å²) in [4.78, 5) is 12.5. The lowest BCUT2D eigenvalue weighted by molar-refractivity contribution is 0.0729. The lowest BCUT2D eigenvalue weighted by Gasteiger charge is -2.26. The van der Waals surface area contributed by atoms with Crippen molar-refractivity contribution in [3.05, 3.63) is 23.8 Å². The van der Waals surface area contributed by atoms with E-state index in [-0.39, 0.29) is 16.6 Å². The molecule has 7 nitrogen and oxygen atoms in total. The van der Waals surface area contributed by atoms with Crippen LogP contribution in [0.15, 0.2) is 23.1 Å². The van der Waals surface area contributed by atoms with Gasteiger partial charge in [0.25, 0.3) is 5.91 Å². The lowest BCUT2D eigenvalue weighted by atomic mass is 10.0. The van der Waals surface area contributed by atoms with Crippen LogP contribution in [0.25, 0.3) is 0 Å². The summed E-state index contributed by atoms with van der Waals surface area (Å²) in [5, 5.41) is 2.89. The average Bonchev–Trinajstić information content (AvgIpc) is 2.72. The molecule has 1 N–H and O–H groups in total. The van der Waals surface area contributed by atoms with Gasteiger partial charge in [-0.3, -0.25) is 4.79 Å². The molecular formula is C21H34N2O5S. The van der Waals surface area contributed by atoms with Crippen LogP contribution in [0.3, 0.4) is 0 Å².